The van der Waals surface area contributed by atoms with Gasteiger partial charge < -0.3 is 15.5 Å². The van der Waals surface area contributed by atoms with E-state index < -0.39 is 0 Å². The number of halogens is 1. The molecule has 1 saturated carbocycles. The molecular weight excluding hydrogens is 489 g/mol. The average molecular weight is 527 g/mol. The van der Waals surface area contributed by atoms with Crippen molar-refractivity contribution in [1.29, 1.82) is 0 Å². The fraction of sp³-hybridized carbons (Fsp3) is 0.652. The summed E-state index contributed by atoms with van der Waals surface area (Å²) in [6.07, 6.45) is 4.79. The van der Waals surface area contributed by atoms with Crippen molar-refractivity contribution >= 4 is 35.8 Å². The molecule has 1 aromatic carbocycles. The summed E-state index contributed by atoms with van der Waals surface area (Å²) < 4.78 is 0. The maximum Gasteiger partial charge on any atom is 0.220 e. The lowest BCUT2D eigenvalue weighted by Crippen LogP contribution is -2.53. The first-order valence-electron chi connectivity index (χ1n) is 11.3. The first-order valence-corrected chi connectivity index (χ1v) is 11.3. The maximum absolute atomic E-state index is 11.8. The Morgan fingerprint density at radius 2 is 1.83 bits per heavy atom. The summed E-state index contributed by atoms with van der Waals surface area (Å²) in [5.74, 6) is 1.16. The Hall–Kier alpha value is -1.35. The van der Waals surface area contributed by atoms with E-state index in [2.05, 4.69) is 64.6 Å². The van der Waals surface area contributed by atoms with Gasteiger partial charge in [-0.05, 0) is 38.2 Å². The molecule has 1 heterocycles. The summed E-state index contributed by atoms with van der Waals surface area (Å²) in [6.45, 7) is 10.00. The van der Waals surface area contributed by atoms with E-state index in [0.717, 1.165) is 64.4 Å². The van der Waals surface area contributed by atoms with Gasteiger partial charge in [0.15, 0.2) is 5.96 Å². The molecule has 1 aliphatic heterocycles. The molecule has 168 valence electrons. The Kier molecular flexibility index (Phi) is 10.9. The van der Waals surface area contributed by atoms with Crippen LogP contribution in [0.3, 0.4) is 0 Å². The third kappa shape index (κ3) is 7.72. The van der Waals surface area contributed by atoms with E-state index in [1.165, 1.54) is 5.56 Å². The van der Waals surface area contributed by atoms with E-state index in [9.17, 15) is 4.79 Å². The van der Waals surface area contributed by atoms with Crippen LogP contribution in [-0.4, -0.2) is 67.0 Å². The second kappa shape index (κ2) is 13.1. The van der Waals surface area contributed by atoms with E-state index in [0.29, 0.717) is 25.0 Å². The highest BCUT2D eigenvalue weighted by molar-refractivity contribution is 14.0. The number of rotatable bonds is 9. The molecular formula is C23H38IN5O. The minimum atomic E-state index is 0. The van der Waals surface area contributed by atoms with Gasteiger partial charge in [-0.1, -0.05) is 37.3 Å². The van der Waals surface area contributed by atoms with Crippen molar-refractivity contribution in [2.75, 3.05) is 39.3 Å². The Balaban J connectivity index is 0.00000320. The fourth-order valence-corrected chi connectivity index (χ4v) is 4.00. The van der Waals surface area contributed by atoms with Crippen LogP contribution in [0.2, 0.25) is 0 Å². The third-order valence-electron chi connectivity index (χ3n) is 5.73. The zero-order chi connectivity index (χ0) is 20.5. The van der Waals surface area contributed by atoms with E-state index in [4.69, 9.17) is 4.99 Å². The number of carbonyl (C=O) groups is 1. The number of guanidine groups is 1. The van der Waals surface area contributed by atoms with Gasteiger partial charge in [0.25, 0.3) is 0 Å². The van der Waals surface area contributed by atoms with Crippen LogP contribution in [0.1, 0.15) is 57.6 Å². The van der Waals surface area contributed by atoms with Crippen molar-refractivity contribution in [2.24, 2.45) is 4.99 Å². The van der Waals surface area contributed by atoms with E-state index in [1.54, 1.807) is 0 Å². The summed E-state index contributed by atoms with van der Waals surface area (Å²) in [5, 5.41) is 6.48. The van der Waals surface area contributed by atoms with Crippen LogP contribution in [0, 0.1) is 0 Å². The highest BCUT2D eigenvalue weighted by Gasteiger charge is 2.25. The van der Waals surface area contributed by atoms with Crippen LogP contribution in [0.4, 0.5) is 0 Å². The predicted molar refractivity (Wildman–Crippen MR) is 134 cm³/mol. The van der Waals surface area contributed by atoms with E-state index in [1.807, 2.05) is 0 Å². The molecule has 1 atom stereocenters. The van der Waals surface area contributed by atoms with Gasteiger partial charge in [-0.3, -0.25) is 14.7 Å². The highest BCUT2D eigenvalue weighted by atomic mass is 127. The van der Waals surface area contributed by atoms with Gasteiger partial charge in [0, 0.05) is 57.8 Å². The lowest BCUT2D eigenvalue weighted by molar-refractivity contribution is -0.121. The quantitative estimate of drug-likeness (QED) is 0.224. The normalized spacial score (nSPS) is 18.5. The van der Waals surface area contributed by atoms with Crippen LogP contribution in [0.5, 0.6) is 0 Å². The average Bonchev–Trinajstić information content (AvgIpc) is 3.56. The lowest BCUT2D eigenvalue weighted by Gasteiger charge is -2.40. The molecule has 2 fully saturated rings. The molecule has 0 radical (unpaired) electrons. The van der Waals surface area contributed by atoms with Gasteiger partial charge in [0.05, 0.1) is 0 Å². The molecule has 0 bridgehead atoms. The molecule has 1 aromatic rings. The van der Waals surface area contributed by atoms with Gasteiger partial charge in [-0.15, -0.1) is 24.0 Å². The van der Waals surface area contributed by atoms with E-state index in [-0.39, 0.29) is 29.9 Å². The Labute approximate surface area is 198 Å². The fourth-order valence-electron chi connectivity index (χ4n) is 4.00. The number of piperazine rings is 1. The summed E-state index contributed by atoms with van der Waals surface area (Å²) in [6, 6.07) is 11.8. The number of hydrogen-bond donors (Lipinski definition) is 2. The smallest absolute Gasteiger partial charge is 0.220 e. The number of carbonyl (C=O) groups excluding carboxylic acids is 1. The van der Waals surface area contributed by atoms with Crippen molar-refractivity contribution in [3.63, 3.8) is 0 Å². The van der Waals surface area contributed by atoms with Crippen molar-refractivity contribution < 1.29 is 4.79 Å². The lowest BCUT2D eigenvalue weighted by atomic mass is 10.0. The SMILES string of the molecule is CCNC(=NCCCC(=O)NC1CC1)N1CCN(C(CC)c2ccccc2)CC1.I. The maximum atomic E-state index is 11.8. The Morgan fingerprint density at radius 3 is 2.43 bits per heavy atom. The zero-order valence-corrected chi connectivity index (χ0v) is 20.8. The first kappa shape index (κ1) is 24.9. The monoisotopic (exact) mass is 527 g/mol. The van der Waals surface area contributed by atoms with Crippen LogP contribution < -0.4 is 10.6 Å². The third-order valence-corrected chi connectivity index (χ3v) is 5.73. The Morgan fingerprint density at radius 1 is 1.13 bits per heavy atom. The predicted octanol–water partition coefficient (Wildman–Crippen LogP) is 3.40. The summed E-state index contributed by atoms with van der Waals surface area (Å²) >= 11 is 0. The van der Waals surface area contributed by atoms with Gasteiger partial charge in [0.1, 0.15) is 0 Å². The van der Waals surface area contributed by atoms with Gasteiger partial charge in [-0.2, -0.15) is 0 Å². The van der Waals surface area contributed by atoms with Crippen molar-refractivity contribution in [3.05, 3.63) is 35.9 Å². The number of nitrogens with one attached hydrogen (secondary N) is 2. The molecule has 2 N–H and O–H groups in total. The summed E-state index contributed by atoms with van der Waals surface area (Å²) in [4.78, 5) is 21.6. The van der Waals surface area contributed by atoms with E-state index >= 15 is 0 Å². The molecule has 1 saturated heterocycles. The van der Waals surface area contributed by atoms with Crippen LogP contribution >= 0.6 is 24.0 Å². The number of benzene rings is 1. The number of nitrogens with zero attached hydrogens (tertiary/aromatic N) is 3. The second-order valence-corrected chi connectivity index (χ2v) is 8.04. The largest absolute Gasteiger partial charge is 0.357 e. The molecule has 7 heteroatoms. The standard InChI is InChI=1S/C23H37N5O.HI/c1-3-21(19-9-6-5-7-10-19)27-15-17-28(18-16-27)23(24-4-2)25-14-8-11-22(29)26-20-12-13-20;/h5-7,9-10,20-21H,3-4,8,11-18H2,1-2H3,(H,24,25)(H,26,29);1H. The second-order valence-electron chi connectivity index (χ2n) is 8.04. The minimum Gasteiger partial charge on any atom is -0.357 e. The molecule has 1 unspecified atom stereocenters. The summed E-state index contributed by atoms with van der Waals surface area (Å²) in [7, 11) is 0. The van der Waals surface area contributed by atoms with Crippen molar-refractivity contribution in [1.82, 2.24) is 20.4 Å². The zero-order valence-electron chi connectivity index (χ0n) is 18.5. The molecule has 3 rings (SSSR count). The topological polar surface area (TPSA) is 60.0 Å². The van der Waals surface area contributed by atoms with Crippen LogP contribution in [-0.2, 0) is 4.79 Å². The Bertz CT molecular complexity index is 657. The summed E-state index contributed by atoms with van der Waals surface area (Å²) in [5.41, 5.74) is 1.41. The molecule has 30 heavy (non-hydrogen) atoms. The van der Waals surface area contributed by atoms with Gasteiger partial charge in [0.2, 0.25) is 5.91 Å². The number of hydrogen-bond acceptors (Lipinski definition) is 3. The molecule has 1 amide bonds. The van der Waals surface area contributed by atoms with Crippen LogP contribution in [0.15, 0.2) is 35.3 Å². The number of aliphatic imine (C=N–C) groups is 1. The van der Waals surface area contributed by atoms with Gasteiger partial charge in [-0.25, -0.2) is 0 Å². The molecule has 1 aliphatic carbocycles. The highest BCUT2D eigenvalue weighted by Crippen LogP contribution is 2.25. The number of amides is 1. The van der Waals surface area contributed by atoms with Crippen molar-refractivity contribution in [3.8, 4) is 0 Å². The molecule has 6 nitrogen and oxygen atoms in total. The minimum absolute atomic E-state index is 0. The van der Waals surface area contributed by atoms with Gasteiger partial charge >= 0.3 is 0 Å². The van der Waals surface area contributed by atoms with Crippen molar-refractivity contribution in [2.45, 2.75) is 58.0 Å². The molecule has 0 spiro atoms. The van der Waals surface area contributed by atoms with Crippen LogP contribution in [0.25, 0.3) is 0 Å². The molecule has 2 aliphatic rings. The molecule has 0 aromatic heterocycles. The first-order chi connectivity index (χ1) is 14.2.